The highest BCUT2D eigenvalue weighted by atomic mass is 16.5. The van der Waals surface area contributed by atoms with Crippen molar-refractivity contribution >= 4 is 22.5 Å². The van der Waals surface area contributed by atoms with Crippen molar-refractivity contribution in [2.75, 3.05) is 11.9 Å². The second kappa shape index (κ2) is 8.35. The molecule has 7 heteroatoms. The fraction of sp³-hybridized carbons (Fsp3) is 0.0909. The van der Waals surface area contributed by atoms with Crippen LogP contribution in [0.3, 0.4) is 0 Å². The molecule has 1 amide bonds. The molecule has 0 aliphatic heterocycles. The van der Waals surface area contributed by atoms with E-state index < -0.39 is 5.91 Å². The van der Waals surface area contributed by atoms with Crippen LogP contribution in [-0.4, -0.2) is 27.3 Å². The van der Waals surface area contributed by atoms with Gasteiger partial charge in [0.1, 0.15) is 18.1 Å². The van der Waals surface area contributed by atoms with Crippen LogP contribution < -0.4 is 15.6 Å². The van der Waals surface area contributed by atoms with Gasteiger partial charge in [-0.25, -0.2) is 4.68 Å². The summed E-state index contributed by atoms with van der Waals surface area (Å²) in [6.07, 6.45) is 1.67. The Morgan fingerprint density at radius 2 is 1.79 bits per heavy atom. The monoisotopic (exact) mass is 386 g/mol. The van der Waals surface area contributed by atoms with Crippen molar-refractivity contribution in [3.8, 4) is 5.75 Å². The lowest BCUT2D eigenvalue weighted by atomic mass is 10.2. The van der Waals surface area contributed by atoms with Gasteiger partial charge >= 0.3 is 0 Å². The predicted molar refractivity (Wildman–Crippen MR) is 110 cm³/mol. The van der Waals surface area contributed by atoms with Crippen molar-refractivity contribution in [1.82, 2.24) is 14.8 Å². The van der Waals surface area contributed by atoms with E-state index in [9.17, 15) is 9.59 Å². The van der Waals surface area contributed by atoms with Crippen molar-refractivity contribution in [2.24, 2.45) is 0 Å². The molecule has 0 aliphatic rings. The van der Waals surface area contributed by atoms with Crippen LogP contribution in [0, 0.1) is 0 Å². The first-order chi connectivity index (χ1) is 14.2. The minimum Gasteiger partial charge on any atom is -0.492 e. The number of hydrogen-bond donors (Lipinski definition) is 1. The van der Waals surface area contributed by atoms with Crippen LogP contribution in [-0.2, 0) is 6.54 Å². The minimum atomic E-state index is -0.416. The summed E-state index contributed by atoms with van der Waals surface area (Å²) in [5.41, 5.74) is 1.11. The number of anilines is 1. The van der Waals surface area contributed by atoms with Gasteiger partial charge in [0, 0.05) is 17.6 Å². The predicted octanol–water partition coefficient (Wildman–Crippen LogP) is 3.12. The molecular formula is C22H18N4O3. The Morgan fingerprint density at radius 1 is 0.966 bits per heavy atom. The maximum Gasteiger partial charge on any atom is 0.276 e. The van der Waals surface area contributed by atoms with E-state index in [1.807, 2.05) is 54.6 Å². The SMILES string of the molecule is O=C(Nc1cccc2cccnc12)c1ccc(=O)n(CCOc2ccccc2)n1. The molecule has 0 unspecified atom stereocenters. The Balaban J connectivity index is 1.49. The topological polar surface area (TPSA) is 86.1 Å². The number of para-hydroxylation sites is 2. The van der Waals surface area contributed by atoms with Gasteiger partial charge in [0.15, 0.2) is 0 Å². The number of pyridine rings is 1. The molecule has 0 saturated heterocycles. The summed E-state index contributed by atoms with van der Waals surface area (Å²) < 4.78 is 6.82. The molecule has 0 atom stereocenters. The first-order valence-corrected chi connectivity index (χ1v) is 9.12. The number of carbonyl (C=O) groups excluding carboxylic acids is 1. The number of fused-ring (bicyclic) bond motifs is 1. The molecule has 144 valence electrons. The van der Waals surface area contributed by atoms with Crippen molar-refractivity contribution in [3.63, 3.8) is 0 Å². The molecule has 29 heavy (non-hydrogen) atoms. The molecule has 1 N–H and O–H groups in total. The van der Waals surface area contributed by atoms with E-state index in [1.165, 1.54) is 16.8 Å². The Morgan fingerprint density at radius 3 is 2.66 bits per heavy atom. The van der Waals surface area contributed by atoms with Gasteiger partial charge in [-0.1, -0.05) is 36.4 Å². The van der Waals surface area contributed by atoms with Gasteiger partial charge in [-0.15, -0.1) is 0 Å². The number of amides is 1. The van der Waals surface area contributed by atoms with E-state index in [1.54, 1.807) is 12.3 Å². The molecule has 2 aromatic carbocycles. The van der Waals surface area contributed by atoms with E-state index in [2.05, 4.69) is 15.4 Å². The Hall–Kier alpha value is -4.00. The van der Waals surface area contributed by atoms with Gasteiger partial charge in [-0.3, -0.25) is 14.6 Å². The van der Waals surface area contributed by atoms with Gasteiger partial charge < -0.3 is 10.1 Å². The van der Waals surface area contributed by atoms with Crippen LogP contribution in [0.2, 0.25) is 0 Å². The van der Waals surface area contributed by atoms with Gasteiger partial charge in [0.05, 0.1) is 17.7 Å². The molecule has 4 aromatic rings. The number of carbonyl (C=O) groups is 1. The molecule has 4 rings (SSSR count). The van der Waals surface area contributed by atoms with Gasteiger partial charge in [0.2, 0.25) is 0 Å². The second-order valence-corrected chi connectivity index (χ2v) is 6.28. The summed E-state index contributed by atoms with van der Waals surface area (Å²) in [5.74, 6) is 0.291. The van der Waals surface area contributed by atoms with Crippen molar-refractivity contribution in [3.05, 3.63) is 95.0 Å². The van der Waals surface area contributed by atoms with Crippen molar-refractivity contribution < 1.29 is 9.53 Å². The fourth-order valence-electron chi connectivity index (χ4n) is 2.89. The molecule has 0 aliphatic carbocycles. The highest BCUT2D eigenvalue weighted by molar-refractivity contribution is 6.07. The zero-order valence-electron chi connectivity index (χ0n) is 15.5. The Bertz CT molecular complexity index is 1200. The van der Waals surface area contributed by atoms with Crippen LogP contribution >= 0.6 is 0 Å². The number of rotatable bonds is 6. The van der Waals surface area contributed by atoms with E-state index in [0.717, 1.165) is 5.39 Å². The lowest BCUT2D eigenvalue weighted by molar-refractivity contribution is 0.101. The van der Waals surface area contributed by atoms with Gasteiger partial charge in [-0.2, -0.15) is 5.10 Å². The van der Waals surface area contributed by atoms with Crippen LogP contribution in [0.15, 0.2) is 83.8 Å². The summed E-state index contributed by atoms with van der Waals surface area (Å²) in [6.45, 7) is 0.486. The molecule has 2 aromatic heterocycles. The summed E-state index contributed by atoms with van der Waals surface area (Å²) in [6, 6.07) is 21.3. The number of ether oxygens (including phenoxy) is 1. The van der Waals surface area contributed by atoms with Crippen LogP contribution in [0.4, 0.5) is 5.69 Å². The number of benzene rings is 2. The lowest BCUT2D eigenvalue weighted by Gasteiger charge is -2.10. The maximum atomic E-state index is 12.7. The van der Waals surface area contributed by atoms with Crippen LogP contribution in [0.25, 0.3) is 10.9 Å². The zero-order valence-corrected chi connectivity index (χ0v) is 15.5. The van der Waals surface area contributed by atoms with Gasteiger partial charge in [0.25, 0.3) is 11.5 Å². The molecule has 7 nitrogen and oxygen atoms in total. The third-order valence-electron chi connectivity index (χ3n) is 4.30. The summed E-state index contributed by atoms with van der Waals surface area (Å²) in [4.78, 5) is 29.1. The molecular weight excluding hydrogens is 368 g/mol. The van der Waals surface area contributed by atoms with Crippen LogP contribution in [0.5, 0.6) is 5.75 Å². The first-order valence-electron chi connectivity index (χ1n) is 9.12. The lowest BCUT2D eigenvalue weighted by Crippen LogP contribution is -2.28. The summed E-state index contributed by atoms with van der Waals surface area (Å²) >= 11 is 0. The second-order valence-electron chi connectivity index (χ2n) is 6.28. The van der Waals surface area contributed by atoms with Crippen molar-refractivity contribution in [1.29, 1.82) is 0 Å². The van der Waals surface area contributed by atoms with E-state index in [-0.39, 0.29) is 24.4 Å². The third-order valence-corrected chi connectivity index (χ3v) is 4.30. The molecule has 0 bridgehead atoms. The number of aromatic nitrogens is 3. The number of nitrogens with one attached hydrogen (secondary N) is 1. The fourth-order valence-corrected chi connectivity index (χ4v) is 2.89. The average molecular weight is 386 g/mol. The summed E-state index contributed by atoms with van der Waals surface area (Å²) in [5, 5.41) is 7.91. The molecule has 2 heterocycles. The average Bonchev–Trinajstić information content (AvgIpc) is 2.76. The van der Waals surface area contributed by atoms with Crippen LogP contribution in [0.1, 0.15) is 10.5 Å². The largest absolute Gasteiger partial charge is 0.492 e. The Kier molecular flexibility index (Phi) is 5.29. The van der Waals surface area contributed by atoms with E-state index in [0.29, 0.717) is 17.0 Å². The maximum absolute atomic E-state index is 12.7. The zero-order chi connectivity index (χ0) is 20.1. The van der Waals surface area contributed by atoms with E-state index in [4.69, 9.17) is 4.74 Å². The normalized spacial score (nSPS) is 10.6. The first kappa shape index (κ1) is 18.4. The highest BCUT2D eigenvalue weighted by Gasteiger charge is 2.12. The molecule has 0 fully saturated rings. The van der Waals surface area contributed by atoms with Crippen molar-refractivity contribution in [2.45, 2.75) is 6.54 Å². The molecule has 0 radical (unpaired) electrons. The summed E-state index contributed by atoms with van der Waals surface area (Å²) in [7, 11) is 0. The highest BCUT2D eigenvalue weighted by Crippen LogP contribution is 2.21. The number of nitrogens with zero attached hydrogens (tertiary/aromatic N) is 3. The van der Waals surface area contributed by atoms with E-state index >= 15 is 0 Å². The third kappa shape index (κ3) is 4.30. The van der Waals surface area contributed by atoms with Gasteiger partial charge in [-0.05, 0) is 30.3 Å². The molecule has 0 spiro atoms. The quantitative estimate of drug-likeness (QED) is 0.550. The molecule has 0 saturated carbocycles. The Labute approximate surface area is 166 Å². The number of hydrogen-bond acceptors (Lipinski definition) is 5. The standard InChI is InChI=1S/C22H18N4O3/c27-20-12-11-19(25-26(20)14-15-29-17-8-2-1-3-9-17)22(28)24-18-10-4-6-16-7-5-13-23-21(16)18/h1-13H,14-15H2,(H,24,28). The minimum absolute atomic E-state index is 0.136. The smallest absolute Gasteiger partial charge is 0.276 e.